The molecule has 2 N–H and O–H groups in total. The topological polar surface area (TPSA) is 96.6 Å². The van der Waals surface area contributed by atoms with Crippen LogP contribution in [0, 0.1) is 5.92 Å². The van der Waals surface area contributed by atoms with Crippen molar-refractivity contribution >= 4 is 15.7 Å². The summed E-state index contributed by atoms with van der Waals surface area (Å²) in [6.07, 6.45) is 7.50. The molecule has 1 heterocycles. The van der Waals surface area contributed by atoms with Crippen molar-refractivity contribution in [1.29, 1.82) is 0 Å². The summed E-state index contributed by atoms with van der Waals surface area (Å²) in [7, 11) is -3.69. The first-order valence-electron chi connectivity index (χ1n) is 12.0. The van der Waals surface area contributed by atoms with E-state index in [-0.39, 0.29) is 22.5 Å². The van der Waals surface area contributed by atoms with Crippen molar-refractivity contribution in [1.82, 2.24) is 0 Å². The maximum absolute atomic E-state index is 13.1. The average molecular weight is 480 g/mol. The highest BCUT2D eigenvalue weighted by Crippen LogP contribution is 2.48. The van der Waals surface area contributed by atoms with Crippen LogP contribution in [0.1, 0.15) is 66.9 Å². The highest BCUT2D eigenvalue weighted by molar-refractivity contribution is 7.92. The van der Waals surface area contributed by atoms with Crippen LogP contribution in [-0.4, -0.2) is 13.5 Å². The van der Waals surface area contributed by atoms with Crippen LogP contribution >= 0.6 is 0 Å². The summed E-state index contributed by atoms with van der Waals surface area (Å²) in [6.45, 7) is 0. The van der Waals surface area contributed by atoms with E-state index in [4.69, 9.17) is 4.42 Å². The SMILES string of the molecule is O=c1oc2c(c(O)c1C(c1ccc(NS(=O)(=O)c3ccccc3)cc1)C1CC1)CCCCCC2. The number of sulfonamides is 1. The maximum Gasteiger partial charge on any atom is 0.343 e. The smallest absolute Gasteiger partial charge is 0.343 e. The Morgan fingerprint density at radius 3 is 2.26 bits per heavy atom. The van der Waals surface area contributed by atoms with Crippen molar-refractivity contribution in [3.8, 4) is 5.75 Å². The monoisotopic (exact) mass is 479 g/mol. The summed E-state index contributed by atoms with van der Waals surface area (Å²) in [4.78, 5) is 13.2. The Hall–Kier alpha value is -3.06. The lowest BCUT2D eigenvalue weighted by molar-refractivity contribution is 0.382. The van der Waals surface area contributed by atoms with Crippen LogP contribution in [0.4, 0.5) is 5.69 Å². The number of benzene rings is 2. The number of anilines is 1. The Balaban J connectivity index is 1.47. The third-order valence-corrected chi connectivity index (χ3v) is 8.27. The molecule has 7 heteroatoms. The van der Waals surface area contributed by atoms with Crippen molar-refractivity contribution in [3.63, 3.8) is 0 Å². The molecule has 2 aliphatic rings. The Bertz CT molecular complexity index is 1330. The third kappa shape index (κ3) is 4.62. The number of fused-ring (bicyclic) bond motifs is 1. The van der Waals surface area contributed by atoms with Crippen LogP contribution in [0.3, 0.4) is 0 Å². The third-order valence-electron chi connectivity index (χ3n) is 6.87. The van der Waals surface area contributed by atoms with Crippen molar-refractivity contribution in [3.05, 3.63) is 87.5 Å². The van der Waals surface area contributed by atoms with Crippen molar-refractivity contribution in [2.45, 2.75) is 62.2 Å². The minimum absolute atomic E-state index is 0.0962. The van der Waals surface area contributed by atoms with E-state index in [9.17, 15) is 18.3 Å². The van der Waals surface area contributed by atoms with Crippen LogP contribution in [0.25, 0.3) is 0 Å². The van der Waals surface area contributed by atoms with E-state index in [1.807, 2.05) is 12.1 Å². The molecule has 0 radical (unpaired) electrons. The molecule has 34 heavy (non-hydrogen) atoms. The van der Waals surface area contributed by atoms with Gasteiger partial charge in [-0.05, 0) is 67.9 Å². The number of nitrogens with one attached hydrogen (secondary N) is 1. The van der Waals surface area contributed by atoms with E-state index in [0.717, 1.165) is 56.1 Å². The first kappa shape index (κ1) is 22.7. The van der Waals surface area contributed by atoms with E-state index in [2.05, 4.69) is 4.72 Å². The van der Waals surface area contributed by atoms with E-state index >= 15 is 0 Å². The van der Waals surface area contributed by atoms with E-state index in [1.165, 1.54) is 0 Å². The quantitative estimate of drug-likeness (QED) is 0.497. The number of rotatable bonds is 6. The van der Waals surface area contributed by atoms with Crippen LogP contribution in [0.5, 0.6) is 5.75 Å². The van der Waals surface area contributed by atoms with E-state index in [0.29, 0.717) is 23.4 Å². The molecule has 1 aromatic heterocycles. The highest BCUT2D eigenvalue weighted by atomic mass is 32.2. The molecule has 0 saturated heterocycles. The lowest BCUT2D eigenvalue weighted by Crippen LogP contribution is -2.19. The fourth-order valence-corrected chi connectivity index (χ4v) is 6.05. The van der Waals surface area contributed by atoms with Crippen LogP contribution < -0.4 is 10.3 Å². The van der Waals surface area contributed by atoms with Crippen LogP contribution in [-0.2, 0) is 22.9 Å². The summed E-state index contributed by atoms with van der Waals surface area (Å²) in [5.41, 5.74) is 1.99. The van der Waals surface area contributed by atoms with Gasteiger partial charge in [0.15, 0.2) is 0 Å². The summed E-state index contributed by atoms with van der Waals surface area (Å²) in [5.74, 6) is 0.712. The second-order valence-corrected chi connectivity index (χ2v) is 11.0. The predicted octanol–water partition coefficient (Wildman–Crippen LogP) is 5.35. The lowest BCUT2D eigenvalue weighted by atomic mass is 9.85. The molecule has 178 valence electrons. The Kier molecular flexibility index (Phi) is 6.21. The summed E-state index contributed by atoms with van der Waals surface area (Å²) in [6, 6.07) is 15.3. The second-order valence-electron chi connectivity index (χ2n) is 9.32. The molecule has 6 nitrogen and oxygen atoms in total. The average Bonchev–Trinajstić information content (AvgIpc) is 3.64. The molecule has 0 spiro atoms. The minimum atomic E-state index is -3.69. The lowest BCUT2D eigenvalue weighted by Gasteiger charge is -2.21. The van der Waals surface area contributed by atoms with Gasteiger partial charge in [0, 0.05) is 23.6 Å². The molecule has 1 atom stereocenters. The first-order valence-corrected chi connectivity index (χ1v) is 13.5. The Morgan fingerprint density at radius 1 is 0.912 bits per heavy atom. The fraction of sp³-hybridized carbons (Fsp3) is 0.370. The molecule has 2 aliphatic carbocycles. The van der Waals surface area contributed by atoms with Gasteiger partial charge < -0.3 is 9.52 Å². The van der Waals surface area contributed by atoms with Crippen LogP contribution in [0.15, 0.2) is 68.7 Å². The Morgan fingerprint density at radius 2 is 1.59 bits per heavy atom. The molecule has 1 saturated carbocycles. The zero-order valence-electron chi connectivity index (χ0n) is 19.0. The normalized spacial score (nSPS) is 17.3. The predicted molar refractivity (Wildman–Crippen MR) is 131 cm³/mol. The van der Waals surface area contributed by atoms with E-state index < -0.39 is 15.6 Å². The van der Waals surface area contributed by atoms with Gasteiger partial charge in [-0.15, -0.1) is 0 Å². The summed E-state index contributed by atoms with van der Waals surface area (Å²) >= 11 is 0. The van der Waals surface area contributed by atoms with Gasteiger partial charge in [-0.25, -0.2) is 13.2 Å². The van der Waals surface area contributed by atoms with Crippen molar-refractivity contribution in [2.24, 2.45) is 5.92 Å². The molecule has 0 aliphatic heterocycles. The van der Waals surface area contributed by atoms with Gasteiger partial charge in [-0.2, -0.15) is 0 Å². The first-order chi connectivity index (χ1) is 16.4. The largest absolute Gasteiger partial charge is 0.507 e. The number of hydrogen-bond acceptors (Lipinski definition) is 5. The summed E-state index contributed by atoms with van der Waals surface area (Å²) < 4.78 is 33.6. The fourth-order valence-electron chi connectivity index (χ4n) is 4.97. The zero-order valence-corrected chi connectivity index (χ0v) is 19.8. The zero-order chi connectivity index (χ0) is 23.7. The molecule has 0 bridgehead atoms. The number of aromatic hydroxyl groups is 1. The van der Waals surface area contributed by atoms with Gasteiger partial charge in [0.25, 0.3) is 10.0 Å². The standard InChI is InChI=1S/C27H29NO5S/c29-26-22-10-6-1-2-7-11-23(22)33-27(30)25(26)24(18-12-13-18)19-14-16-20(17-15-19)28-34(31,32)21-8-4-3-5-9-21/h3-5,8-9,14-18,24,28-29H,1-2,6-7,10-13H2. The molecule has 0 amide bonds. The van der Waals surface area contributed by atoms with Gasteiger partial charge in [0.05, 0.1) is 10.5 Å². The summed E-state index contributed by atoms with van der Waals surface area (Å²) in [5, 5.41) is 11.2. The molecule has 1 unspecified atom stereocenters. The van der Waals surface area contributed by atoms with Gasteiger partial charge in [0.2, 0.25) is 0 Å². The van der Waals surface area contributed by atoms with Crippen molar-refractivity contribution < 1.29 is 17.9 Å². The second kappa shape index (κ2) is 9.29. The Labute approximate surface area is 199 Å². The molecule has 5 rings (SSSR count). The van der Waals surface area contributed by atoms with Gasteiger partial charge >= 0.3 is 5.63 Å². The number of hydrogen-bond donors (Lipinski definition) is 2. The minimum Gasteiger partial charge on any atom is -0.507 e. The van der Waals surface area contributed by atoms with Gasteiger partial charge in [0.1, 0.15) is 11.5 Å². The molecular formula is C27H29NO5S. The molecular weight excluding hydrogens is 450 g/mol. The maximum atomic E-state index is 13.1. The van der Waals surface area contributed by atoms with E-state index in [1.54, 1.807) is 42.5 Å². The van der Waals surface area contributed by atoms with Gasteiger partial charge in [-0.1, -0.05) is 43.2 Å². The molecule has 1 fully saturated rings. The molecule has 3 aromatic rings. The highest BCUT2D eigenvalue weighted by Gasteiger charge is 2.38. The van der Waals surface area contributed by atoms with Gasteiger partial charge in [-0.3, -0.25) is 4.72 Å². The van der Waals surface area contributed by atoms with Crippen molar-refractivity contribution in [2.75, 3.05) is 4.72 Å². The van der Waals surface area contributed by atoms with Crippen LogP contribution in [0.2, 0.25) is 0 Å². The molecule has 2 aromatic carbocycles. The number of aryl methyl sites for hydroxylation is 1.